The number of hydrogen-bond acceptors (Lipinski definition) is 7. The third-order valence-corrected chi connectivity index (χ3v) is 6.20. The van der Waals surface area contributed by atoms with Crippen LogP contribution in [0.5, 0.6) is 11.5 Å². The Labute approximate surface area is 202 Å². The molecule has 4 rings (SSSR count). The molecule has 0 saturated carbocycles. The molecular weight excluding hydrogens is 456 g/mol. The first-order valence-electron chi connectivity index (χ1n) is 11.1. The molecule has 1 N–H and O–H groups in total. The molecule has 0 aromatic heterocycles. The molecular formula is C25H26N2O6S. The molecule has 2 heterocycles. The van der Waals surface area contributed by atoms with Crippen LogP contribution in [0.3, 0.4) is 0 Å². The van der Waals surface area contributed by atoms with Crippen LogP contribution in [0.15, 0.2) is 53.4 Å². The van der Waals surface area contributed by atoms with E-state index in [1.54, 1.807) is 24.3 Å². The van der Waals surface area contributed by atoms with E-state index in [0.717, 1.165) is 28.6 Å². The maximum Gasteiger partial charge on any atom is 0.293 e. The van der Waals surface area contributed by atoms with Gasteiger partial charge >= 0.3 is 0 Å². The highest BCUT2D eigenvalue weighted by Gasteiger charge is 2.34. The summed E-state index contributed by atoms with van der Waals surface area (Å²) in [6, 6.07) is 15.4. The minimum atomic E-state index is -0.367. The second-order valence-electron chi connectivity index (χ2n) is 7.75. The van der Waals surface area contributed by atoms with E-state index in [4.69, 9.17) is 14.2 Å². The molecule has 0 unspecified atom stereocenters. The number of imide groups is 1. The summed E-state index contributed by atoms with van der Waals surface area (Å²) >= 11 is 0.886. The van der Waals surface area contributed by atoms with Crippen LogP contribution in [0.4, 0.5) is 4.79 Å². The van der Waals surface area contributed by atoms with Gasteiger partial charge in [0.1, 0.15) is 0 Å². The Balaban J connectivity index is 1.13. The van der Waals surface area contributed by atoms with Gasteiger partial charge in [0, 0.05) is 26.1 Å². The van der Waals surface area contributed by atoms with Crippen molar-refractivity contribution in [1.82, 2.24) is 10.2 Å². The van der Waals surface area contributed by atoms with Gasteiger partial charge in [0.05, 0.1) is 11.5 Å². The van der Waals surface area contributed by atoms with Crippen LogP contribution in [-0.4, -0.2) is 55.0 Å². The van der Waals surface area contributed by atoms with Crippen molar-refractivity contribution in [3.05, 3.63) is 64.6 Å². The number of thioether (sulfide) groups is 1. The third-order valence-electron chi connectivity index (χ3n) is 5.30. The second kappa shape index (κ2) is 11.7. The number of carbonyl (C=O) groups excluding carboxylic acids is 3. The zero-order valence-corrected chi connectivity index (χ0v) is 19.5. The number of nitrogens with zero attached hydrogens (tertiary/aromatic N) is 1. The van der Waals surface area contributed by atoms with Crippen LogP contribution in [-0.2, 0) is 20.7 Å². The zero-order chi connectivity index (χ0) is 23.8. The lowest BCUT2D eigenvalue weighted by Gasteiger charge is -2.13. The zero-order valence-electron chi connectivity index (χ0n) is 18.7. The molecule has 34 heavy (non-hydrogen) atoms. The highest BCUT2D eigenvalue weighted by molar-refractivity contribution is 8.18. The fraction of sp³-hybridized carbons (Fsp3) is 0.320. The van der Waals surface area contributed by atoms with Gasteiger partial charge in [-0.05, 0) is 53.9 Å². The van der Waals surface area contributed by atoms with E-state index < -0.39 is 0 Å². The predicted octanol–water partition coefficient (Wildman–Crippen LogP) is 3.61. The molecule has 0 bridgehead atoms. The van der Waals surface area contributed by atoms with Crippen molar-refractivity contribution in [2.24, 2.45) is 0 Å². The van der Waals surface area contributed by atoms with Gasteiger partial charge in [0.15, 0.2) is 11.5 Å². The summed E-state index contributed by atoms with van der Waals surface area (Å²) in [7, 11) is 0. The molecule has 2 aliphatic rings. The van der Waals surface area contributed by atoms with Crippen LogP contribution >= 0.6 is 11.8 Å². The van der Waals surface area contributed by atoms with Crippen molar-refractivity contribution >= 4 is 34.9 Å². The van der Waals surface area contributed by atoms with Gasteiger partial charge in [-0.1, -0.05) is 36.4 Å². The number of benzene rings is 2. The van der Waals surface area contributed by atoms with Crippen molar-refractivity contribution < 1.29 is 28.6 Å². The SMILES string of the molecule is O=C(CCCOCCc1ccccc1)NCCN1C(=O)SC(=Cc2ccc3c(c2)OCO3)C1=O. The third kappa shape index (κ3) is 6.39. The monoisotopic (exact) mass is 482 g/mol. The Morgan fingerprint density at radius 3 is 2.76 bits per heavy atom. The van der Waals surface area contributed by atoms with Gasteiger partial charge in [0.2, 0.25) is 12.7 Å². The Morgan fingerprint density at radius 2 is 1.91 bits per heavy atom. The number of ether oxygens (including phenoxy) is 3. The Kier molecular flexibility index (Phi) is 8.21. The van der Waals surface area contributed by atoms with Crippen molar-refractivity contribution in [2.45, 2.75) is 19.3 Å². The van der Waals surface area contributed by atoms with E-state index in [0.29, 0.717) is 42.5 Å². The fourth-order valence-electron chi connectivity index (χ4n) is 3.51. The van der Waals surface area contributed by atoms with E-state index in [1.165, 1.54) is 5.56 Å². The van der Waals surface area contributed by atoms with Crippen LogP contribution in [0.2, 0.25) is 0 Å². The number of carbonyl (C=O) groups is 3. The largest absolute Gasteiger partial charge is 0.454 e. The normalized spacial score (nSPS) is 15.9. The van der Waals surface area contributed by atoms with E-state index in [-0.39, 0.29) is 36.9 Å². The van der Waals surface area contributed by atoms with Gasteiger partial charge < -0.3 is 19.5 Å². The summed E-state index contributed by atoms with van der Waals surface area (Å²) < 4.78 is 16.2. The van der Waals surface area contributed by atoms with Gasteiger partial charge in [-0.2, -0.15) is 0 Å². The average molecular weight is 483 g/mol. The standard InChI is InChI=1S/C25H26N2O6S/c28-23(7-4-13-31-14-10-18-5-2-1-3-6-18)26-11-12-27-24(29)22(34-25(27)30)16-19-8-9-20-21(15-19)33-17-32-20/h1-3,5-6,8-9,15-16H,4,7,10-14,17H2,(H,26,28). The first-order valence-corrected chi connectivity index (χ1v) is 12.0. The Morgan fingerprint density at radius 1 is 1.09 bits per heavy atom. The molecule has 0 spiro atoms. The van der Waals surface area contributed by atoms with Gasteiger partial charge in [-0.25, -0.2) is 0 Å². The molecule has 178 valence electrons. The van der Waals surface area contributed by atoms with Crippen molar-refractivity contribution in [2.75, 3.05) is 33.1 Å². The Bertz CT molecular complexity index is 1070. The lowest BCUT2D eigenvalue weighted by atomic mass is 10.2. The molecule has 2 aromatic carbocycles. The smallest absolute Gasteiger partial charge is 0.293 e. The number of hydrogen-bond donors (Lipinski definition) is 1. The lowest BCUT2D eigenvalue weighted by Crippen LogP contribution is -2.37. The predicted molar refractivity (Wildman–Crippen MR) is 128 cm³/mol. The highest BCUT2D eigenvalue weighted by Crippen LogP contribution is 2.36. The van der Waals surface area contributed by atoms with E-state index in [1.807, 2.05) is 18.2 Å². The molecule has 3 amide bonds. The van der Waals surface area contributed by atoms with Crippen LogP contribution < -0.4 is 14.8 Å². The number of amides is 3. The molecule has 0 aliphatic carbocycles. The maximum absolute atomic E-state index is 12.6. The fourth-order valence-corrected chi connectivity index (χ4v) is 4.38. The molecule has 0 atom stereocenters. The molecule has 2 aromatic rings. The molecule has 2 aliphatic heterocycles. The first kappa shape index (κ1) is 23.8. The first-order chi connectivity index (χ1) is 16.6. The van der Waals surface area contributed by atoms with E-state index >= 15 is 0 Å². The number of nitrogens with one attached hydrogen (secondary N) is 1. The maximum atomic E-state index is 12.6. The molecule has 1 saturated heterocycles. The van der Waals surface area contributed by atoms with E-state index in [9.17, 15) is 14.4 Å². The van der Waals surface area contributed by atoms with Crippen LogP contribution in [0.25, 0.3) is 6.08 Å². The minimum absolute atomic E-state index is 0.127. The molecule has 1 fully saturated rings. The van der Waals surface area contributed by atoms with Crippen LogP contribution in [0.1, 0.15) is 24.0 Å². The summed E-state index contributed by atoms with van der Waals surface area (Å²) in [6.45, 7) is 1.63. The highest BCUT2D eigenvalue weighted by atomic mass is 32.2. The van der Waals surface area contributed by atoms with Crippen molar-refractivity contribution in [3.63, 3.8) is 0 Å². The van der Waals surface area contributed by atoms with Gasteiger partial charge in [-0.15, -0.1) is 0 Å². The Hall–Kier alpha value is -3.30. The van der Waals surface area contributed by atoms with E-state index in [2.05, 4.69) is 17.4 Å². The van der Waals surface area contributed by atoms with Crippen LogP contribution in [0, 0.1) is 0 Å². The lowest BCUT2D eigenvalue weighted by molar-refractivity contribution is -0.124. The summed E-state index contributed by atoms with van der Waals surface area (Å²) in [5.74, 6) is 0.764. The molecule has 0 radical (unpaired) electrons. The van der Waals surface area contributed by atoms with Gasteiger partial charge in [0.25, 0.3) is 11.1 Å². The van der Waals surface area contributed by atoms with Gasteiger partial charge in [-0.3, -0.25) is 19.3 Å². The van der Waals surface area contributed by atoms with Crippen molar-refractivity contribution in [1.29, 1.82) is 0 Å². The summed E-state index contributed by atoms with van der Waals surface area (Å²) in [4.78, 5) is 38.4. The second-order valence-corrected chi connectivity index (χ2v) is 8.74. The molecule has 8 nitrogen and oxygen atoms in total. The number of rotatable bonds is 11. The summed E-state index contributed by atoms with van der Waals surface area (Å²) in [5, 5.41) is 2.41. The average Bonchev–Trinajstić information content (AvgIpc) is 3.41. The van der Waals surface area contributed by atoms with Crippen molar-refractivity contribution in [3.8, 4) is 11.5 Å². The summed E-state index contributed by atoms with van der Waals surface area (Å²) in [6.07, 6.45) is 3.44. The summed E-state index contributed by atoms with van der Waals surface area (Å²) in [5.41, 5.74) is 1.97. The number of fused-ring (bicyclic) bond motifs is 1. The quantitative estimate of drug-likeness (QED) is 0.386. The molecule has 9 heteroatoms. The topological polar surface area (TPSA) is 94.2 Å². The minimum Gasteiger partial charge on any atom is -0.454 e.